The molecule has 2 fully saturated rings. The van der Waals surface area contributed by atoms with Crippen molar-refractivity contribution >= 4 is 11.8 Å². The Morgan fingerprint density at radius 2 is 1.83 bits per heavy atom. The summed E-state index contributed by atoms with van der Waals surface area (Å²) in [5.74, 6) is 0.699. The highest BCUT2D eigenvalue weighted by atomic mass is 16.2. The van der Waals surface area contributed by atoms with Crippen molar-refractivity contribution in [2.45, 2.75) is 70.9 Å². The summed E-state index contributed by atoms with van der Waals surface area (Å²) in [7, 11) is 0. The summed E-state index contributed by atoms with van der Waals surface area (Å²) in [6.45, 7) is 3.89. The Bertz CT molecular complexity index is 592. The van der Waals surface area contributed by atoms with Crippen LogP contribution in [-0.2, 0) is 4.79 Å². The highest BCUT2D eigenvalue weighted by Gasteiger charge is 2.31. The first kappa shape index (κ1) is 17.0. The normalized spacial score (nSPS) is 25.6. The molecule has 0 radical (unpaired) electrons. The molecule has 1 aromatic heterocycles. The van der Waals surface area contributed by atoms with E-state index in [2.05, 4.69) is 27.5 Å². The Balaban J connectivity index is 1.46. The lowest BCUT2D eigenvalue weighted by atomic mass is 9.91. The lowest BCUT2D eigenvalue weighted by Crippen LogP contribution is -2.40. The molecule has 132 valence electrons. The Kier molecular flexibility index (Phi) is 5.21. The monoisotopic (exact) mass is 332 g/mol. The van der Waals surface area contributed by atoms with E-state index >= 15 is 0 Å². The van der Waals surface area contributed by atoms with Gasteiger partial charge in [0, 0.05) is 23.7 Å². The van der Waals surface area contributed by atoms with Crippen LogP contribution in [-0.4, -0.2) is 33.9 Å². The van der Waals surface area contributed by atoms with Crippen molar-refractivity contribution in [1.82, 2.24) is 20.6 Å². The molecule has 0 aromatic carbocycles. The number of rotatable bonds is 5. The van der Waals surface area contributed by atoms with Crippen LogP contribution >= 0.6 is 0 Å². The number of nitrogens with one attached hydrogen (secondary N) is 3. The van der Waals surface area contributed by atoms with Crippen LogP contribution < -0.4 is 10.6 Å². The number of aryl methyl sites for hydroxylation is 1. The van der Waals surface area contributed by atoms with Crippen molar-refractivity contribution < 1.29 is 9.59 Å². The zero-order valence-corrected chi connectivity index (χ0v) is 14.6. The standard InChI is InChI=1S/C18H28N4O2/c1-11(13-5-3-4-6-13)17(23)21-14-7-8-15(9-14)22-18(24)16-12(2)19-10-20-16/h10-11,13-15H,3-9H2,1-2H3,(H,19,20)(H,21,23)(H,22,24)/t11?,14-,15+/m1/s1. The Morgan fingerprint density at radius 3 is 2.46 bits per heavy atom. The minimum atomic E-state index is -0.134. The van der Waals surface area contributed by atoms with E-state index in [1.165, 1.54) is 32.0 Å². The van der Waals surface area contributed by atoms with Gasteiger partial charge in [-0.25, -0.2) is 4.98 Å². The summed E-state index contributed by atoms with van der Waals surface area (Å²) in [5, 5.41) is 6.23. The highest BCUT2D eigenvalue weighted by Crippen LogP contribution is 2.31. The number of carbonyl (C=O) groups excluding carboxylic acids is 2. The van der Waals surface area contributed by atoms with Crippen LogP contribution in [0.4, 0.5) is 0 Å². The number of amides is 2. The van der Waals surface area contributed by atoms with Gasteiger partial charge in [0.25, 0.3) is 5.91 Å². The zero-order chi connectivity index (χ0) is 17.1. The van der Waals surface area contributed by atoms with Crippen molar-refractivity contribution in [2.75, 3.05) is 0 Å². The maximum atomic E-state index is 12.4. The third-order valence-corrected chi connectivity index (χ3v) is 5.68. The van der Waals surface area contributed by atoms with E-state index in [0.29, 0.717) is 11.6 Å². The topological polar surface area (TPSA) is 86.9 Å². The summed E-state index contributed by atoms with van der Waals surface area (Å²) in [4.78, 5) is 31.6. The summed E-state index contributed by atoms with van der Waals surface area (Å²) in [5.41, 5.74) is 1.23. The molecule has 0 bridgehead atoms. The molecule has 1 aromatic rings. The molecular weight excluding hydrogens is 304 g/mol. The first-order valence-electron chi connectivity index (χ1n) is 9.15. The predicted molar refractivity (Wildman–Crippen MR) is 91.5 cm³/mol. The van der Waals surface area contributed by atoms with Crippen molar-refractivity contribution in [2.24, 2.45) is 11.8 Å². The molecule has 6 nitrogen and oxygen atoms in total. The highest BCUT2D eigenvalue weighted by molar-refractivity contribution is 5.93. The third-order valence-electron chi connectivity index (χ3n) is 5.68. The van der Waals surface area contributed by atoms with Crippen LogP contribution in [0.2, 0.25) is 0 Å². The predicted octanol–water partition coefficient (Wildman–Crippen LogP) is 2.31. The fourth-order valence-corrected chi connectivity index (χ4v) is 4.09. The average molecular weight is 332 g/mol. The lowest BCUT2D eigenvalue weighted by molar-refractivity contribution is -0.126. The number of H-pyrrole nitrogens is 1. The van der Waals surface area contributed by atoms with E-state index in [4.69, 9.17) is 0 Å². The molecule has 3 atom stereocenters. The van der Waals surface area contributed by atoms with Crippen molar-refractivity contribution in [3.8, 4) is 0 Å². The van der Waals surface area contributed by atoms with E-state index in [1.807, 2.05) is 6.92 Å². The van der Waals surface area contributed by atoms with E-state index < -0.39 is 0 Å². The van der Waals surface area contributed by atoms with Gasteiger partial charge in [-0.15, -0.1) is 0 Å². The smallest absolute Gasteiger partial charge is 0.271 e. The van der Waals surface area contributed by atoms with Gasteiger partial charge in [0.05, 0.1) is 6.33 Å². The maximum absolute atomic E-state index is 12.4. The number of imidazole rings is 1. The largest absolute Gasteiger partial charge is 0.353 e. The SMILES string of the molecule is Cc1[nH]cnc1C(=O)N[C@H]1CC[C@@H](NC(=O)C(C)C2CCCC2)C1. The Morgan fingerprint density at radius 1 is 1.17 bits per heavy atom. The lowest BCUT2D eigenvalue weighted by Gasteiger charge is -2.21. The van der Waals surface area contributed by atoms with Crippen LogP contribution in [0, 0.1) is 18.8 Å². The molecule has 0 spiro atoms. The van der Waals surface area contributed by atoms with Crippen LogP contribution in [0.25, 0.3) is 0 Å². The Labute approximate surface area is 143 Å². The molecule has 0 saturated heterocycles. The number of hydrogen-bond donors (Lipinski definition) is 3. The van der Waals surface area contributed by atoms with Crippen molar-refractivity contribution in [1.29, 1.82) is 0 Å². The number of hydrogen-bond acceptors (Lipinski definition) is 3. The van der Waals surface area contributed by atoms with Gasteiger partial charge in [-0.05, 0) is 44.9 Å². The van der Waals surface area contributed by atoms with Crippen LogP contribution in [0.15, 0.2) is 6.33 Å². The van der Waals surface area contributed by atoms with Gasteiger partial charge in [0.2, 0.25) is 5.91 Å². The van der Waals surface area contributed by atoms with E-state index in [-0.39, 0.29) is 29.8 Å². The van der Waals surface area contributed by atoms with Crippen molar-refractivity contribution in [3.63, 3.8) is 0 Å². The number of nitrogens with zero attached hydrogens (tertiary/aromatic N) is 1. The number of aromatic nitrogens is 2. The van der Waals surface area contributed by atoms with E-state index in [0.717, 1.165) is 25.0 Å². The molecule has 24 heavy (non-hydrogen) atoms. The molecule has 2 amide bonds. The maximum Gasteiger partial charge on any atom is 0.271 e. The van der Waals surface area contributed by atoms with E-state index in [1.54, 1.807) is 0 Å². The molecule has 2 aliphatic rings. The zero-order valence-electron chi connectivity index (χ0n) is 14.6. The first-order chi connectivity index (χ1) is 11.5. The molecule has 1 heterocycles. The molecule has 0 aliphatic heterocycles. The first-order valence-corrected chi connectivity index (χ1v) is 9.15. The summed E-state index contributed by atoms with van der Waals surface area (Å²) in [6, 6.07) is 0.285. The van der Waals surface area contributed by atoms with Crippen LogP contribution in [0.3, 0.4) is 0 Å². The van der Waals surface area contributed by atoms with Gasteiger partial charge < -0.3 is 15.6 Å². The molecule has 3 N–H and O–H groups in total. The average Bonchev–Trinajstić information content (AvgIpc) is 3.28. The van der Waals surface area contributed by atoms with Gasteiger partial charge in [-0.1, -0.05) is 19.8 Å². The Hall–Kier alpha value is -1.85. The van der Waals surface area contributed by atoms with Gasteiger partial charge in [0.15, 0.2) is 0 Å². The molecule has 1 unspecified atom stereocenters. The van der Waals surface area contributed by atoms with Gasteiger partial charge in [-0.3, -0.25) is 9.59 Å². The second-order valence-electron chi connectivity index (χ2n) is 7.40. The summed E-state index contributed by atoms with van der Waals surface area (Å²) >= 11 is 0. The second kappa shape index (κ2) is 7.36. The van der Waals surface area contributed by atoms with Gasteiger partial charge in [0.1, 0.15) is 5.69 Å². The number of aromatic amines is 1. The fraction of sp³-hybridized carbons (Fsp3) is 0.722. The molecule has 2 saturated carbocycles. The minimum Gasteiger partial charge on any atom is -0.353 e. The molecule has 3 rings (SSSR count). The van der Waals surface area contributed by atoms with Gasteiger partial charge in [-0.2, -0.15) is 0 Å². The summed E-state index contributed by atoms with van der Waals surface area (Å²) in [6.07, 6.45) is 9.04. The van der Waals surface area contributed by atoms with E-state index in [9.17, 15) is 9.59 Å². The third kappa shape index (κ3) is 3.79. The molecule has 2 aliphatic carbocycles. The minimum absolute atomic E-state index is 0.104. The van der Waals surface area contributed by atoms with Crippen LogP contribution in [0.1, 0.15) is 68.1 Å². The van der Waals surface area contributed by atoms with Crippen molar-refractivity contribution in [3.05, 3.63) is 17.7 Å². The summed E-state index contributed by atoms with van der Waals surface area (Å²) < 4.78 is 0. The van der Waals surface area contributed by atoms with Crippen LogP contribution in [0.5, 0.6) is 0 Å². The second-order valence-corrected chi connectivity index (χ2v) is 7.40. The quantitative estimate of drug-likeness (QED) is 0.773. The number of carbonyl (C=O) groups is 2. The van der Waals surface area contributed by atoms with Gasteiger partial charge >= 0.3 is 0 Å². The molecular formula is C18H28N4O2. The fourth-order valence-electron chi connectivity index (χ4n) is 4.09. The molecule has 6 heteroatoms.